The van der Waals surface area contributed by atoms with Crippen LogP contribution in [0.15, 0.2) is 71.5 Å². The van der Waals surface area contributed by atoms with Crippen molar-refractivity contribution in [3.05, 3.63) is 77.6 Å². The maximum atomic E-state index is 12.5. The molecule has 37 heavy (non-hydrogen) atoms. The molecule has 10 heteroatoms. The van der Waals surface area contributed by atoms with E-state index in [0.717, 1.165) is 26.8 Å². The molecule has 9 nitrogen and oxygen atoms in total. The maximum absolute atomic E-state index is 12.5. The Hall–Kier alpha value is -4.11. The van der Waals surface area contributed by atoms with Crippen LogP contribution in [0.1, 0.15) is 26.3 Å². The molecule has 0 aliphatic carbocycles. The number of amides is 2. The summed E-state index contributed by atoms with van der Waals surface area (Å²) >= 11 is 6.00. The van der Waals surface area contributed by atoms with Crippen LogP contribution in [0.3, 0.4) is 0 Å². The molecule has 2 N–H and O–H groups in total. The van der Waals surface area contributed by atoms with Gasteiger partial charge in [0.15, 0.2) is 0 Å². The van der Waals surface area contributed by atoms with Crippen LogP contribution in [-0.2, 0) is 11.2 Å². The SMILES string of the molecule is CC(C)(C)OC(=O)N[C@H](Cc1ccc(Cl)cc1)CN(C(=O)O)c1cc(-c2ccc3cnccc3c2)no1. The average molecular weight is 523 g/mol. The van der Waals surface area contributed by atoms with Gasteiger partial charge in [-0.15, -0.1) is 0 Å². The van der Waals surface area contributed by atoms with Gasteiger partial charge in [0.1, 0.15) is 11.3 Å². The van der Waals surface area contributed by atoms with Crippen molar-refractivity contribution < 1.29 is 24.0 Å². The van der Waals surface area contributed by atoms with Gasteiger partial charge in [-0.3, -0.25) is 4.98 Å². The summed E-state index contributed by atoms with van der Waals surface area (Å²) in [6.45, 7) is 5.16. The summed E-state index contributed by atoms with van der Waals surface area (Å²) in [6, 6.07) is 15.6. The molecule has 0 bridgehead atoms. The number of nitrogens with one attached hydrogen (secondary N) is 1. The number of carbonyl (C=O) groups excluding carboxylic acids is 1. The minimum Gasteiger partial charge on any atom is -0.465 e. The summed E-state index contributed by atoms with van der Waals surface area (Å²) in [5, 5.41) is 19.4. The fourth-order valence-electron chi connectivity index (χ4n) is 3.79. The summed E-state index contributed by atoms with van der Waals surface area (Å²) in [5.41, 5.74) is 1.40. The normalized spacial score (nSPS) is 12.2. The smallest absolute Gasteiger partial charge is 0.414 e. The zero-order valence-electron chi connectivity index (χ0n) is 20.6. The first-order valence-electron chi connectivity index (χ1n) is 11.6. The summed E-state index contributed by atoms with van der Waals surface area (Å²) in [7, 11) is 0. The van der Waals surface area contributed by atoms with Crippen LogP contribution in [0.5, 0.6) is 0 Å². The van der Waals surface area contributed by atoms with Crippen molar-refractivity contribution in [3.8, 4) is 11.3 Å². The second kappa shape index (κ2) is 10.9. The molecule has 0 fully saturated rings. The Kier molecular flexibility index (Phi) is 7.63. The second-order valence-electron chi connectivity index (χ2n) is 9.55. The third-order valence-corrected chi connectivity index (χ3v) is 5.70. The van der Waals surface area contributed by atoms with Crippen molar-refractivity contribution in [2.45, 2.75) is 38.8 Å². The number of anilines is 1. The molecule has 2 aromatic heterocycles. The fourth-order valence-corrected chi connectivity index (χ4v) is 3.92. The quantitative estimate of drug-likeness (QED) is 0.298. The van der Waals surface area contributed by atoms with Gasteiger partial charge in [-0.1, -0.05) is 41.0 Å². The van der Waals surface area contributed by atoms with E-state index in [2.05, 4.69) is 15.5 Å². The first kappa shape index (κ1) is 26.0. The van der Waals surface area contributed by atoms with Gasteiger partial charge in [0.2, 0.25) is 5.88 Å². The molecule has 0 aliphatic heterocycles. The minimum absolute atomic E-state index is 0.0319. The highest BCUT2D eigenvalue weighted by Gasteiger charge is 2.27. The molecule has 0 radical (unpaired) electrons. The molecular formula is C27H27ClN4O5. The van der Waals surface area contributed by atoms with Crippen molar-refractivity contribution in [3.63, 3.8) is 0 Å². The van der Waals surface area contributed by atoms with Crippen molar-refractivity contribution in [1.82, 2.24) is 15.5 Å². The number of carboxylic acid groups (broad SMARTS) is 1. The largest absolute Gasteiger partial charge is 0.465 e. The molecule has 0 aliphatic rings. The van der Waals surface area contributed by atoms with Crippen LogP contribution in [0, 0.1) is 0 Å². The highest BCUT2D eigenvalue weighted by atomic mass is 35.5. The zero-order valence-corrected chi connectivity index (χ0v) is 21.4. The first-order valence-corrected chi connectivity index (χ1v) is 12.0. The van der Waals surface area contributed by atoms with Crippen LogP contribution >= 0.6 is 11.6 Å². The lowest BCUT2D eigenvalue weighted by Gasteiger charge is -2.26. The van der Waals surface area contributed by atoms with Crippen molar-refractivity contribution in [1.29, 1.82) is 0 Å². The number of ether oxygens (including phenoxy) is 1. The first-order chi connectivity index (χ1) is 17.6. The van der Waals surface area contributed by atoms with Gasteiger partial charge >= 0.3 is 12.2 Å². The highest BCUT2D eigenvalue weighted by Crippen LogP contribution is 2.27. The highest BCUT2D eigenvalue weighted by molar-refractivity contribution is 6.30. The van der Waals surface area contributed by atoms with E-state index >= 15 is 0 Å². The number of fused-ring (bicyclic) bond motifs is 1. The lowest BCUT2D eigenvalue weighted by Crippen LogP contribution is -2.48. The minimum atomic E-state index is -1.25. The Labute approximate surface area is 219 Å². The molecule has 0 spiro atoms. The number of carbonyl (C=O) groups is 2. The van der Waals surface area contributed by atoms with Gasteiger partial charge in [0.05, 0.1) is 12.6 Å². The van der Waals surface area contributed by atoms with Crippen LogP contribution in [0.2, 0.25) is 5.02 Å². The molecule has 2 amide bonds. The molecule has 4 rings (SSSR count). The third-order valence-electron chi connectivity index (χ3n) is 5.45. The van der Waals surface area contributed by atoms with E-state index in [-0.39, 0.29) is 12.4 Å². The van der Waals surface area contributed by atoms with Crippen LogP contribution in [-0.4, -0.2) is 45.6 Å². The fraction of sp³-hybridized carbons (Fsp3) is 0.259. The average Bonchev–Trinajstić information content (AvgIpc) is 3.32. The molecular weight excluding hydrogens is 496 g/mol. The lowest BCUT2D eigenvalue weighted by molar-refractivity contribution is 0.0504. The molecule has 2 heterocycles. The van der Waals surface area contributed by atoms with Gasteiger partial charge in [0.25, 0.3) is 0 Å². The van der Waals surface area contributed by atoms with E-state index in [1.807, 2.05) is 36.4 Å². The van der Waals surface area contributed by atoms with Gasteiger partial charge < -0.3 is 19.7 Å². The molecule has 192 valence electrons. The van der Waals surface area contributed by atoms with Gasteiger partial charge in [-0.25, -0.2) is 14.5 Å². The van der Waals surface area contributed by atoms with E-state index in [1.54, 1.807) is 51.4 Å². The van der Waals surface area contributed by atoms with Gasteiger partial charge in [0, 0.05) is 34.4 Å². The number of halogens is 1. The van der Waals surface area contributed by atoms with E-state index in [1.165, 1.54) is 0 Å². The summed E-state index contributed by atoms with van der Waals surface area (Å²) in [5.74, 6) is 0.0319. The standard InChI is InChI=1S/C27H27ClN4O5/c1-27(2,3)36-25(33)30-22(12-17-4-8-21(28)9-5-17)16-32(26(34)35)24-14-23(31-37-24)19-6-7-20-15-29-11-10-18(20)13-19/h4-11,13-15,22H,12,16H2,1-3H3,(H,30,33)(H,34,35)/t22-/m1/s1. The monoisotopic (exact) mass is 522 g/mol. The van der Waals surface area contributed by atoms with Crippen molar-refractivity contribution in [2.24, 2.45) is 0 Å². The van der Waals surface area contributed by atoms with E-state index < -0.39 is 23.8 Å². The number of nitrogens with zero attached hydrogens (tertiary/aromatic N) is 3. The molecule has 1 atom stereocenters. The summed E-state index contributed by atoms with van der Waals surface area (Å²) < 4.78 is 10.8. The summed E-state index contributed by atoms with van der Waals surface area (Å²) in [6.07, 6.45) is 1.89. The number of benzene rings is 2. The maximum Gasteiger partial charge on any atom is 0.414 e. The molecule has 4 aromatic rings. The van der Waals surface area contributed by atoms with Crippen LogP contribution in [0.4, 0.5) is 15.5 Å². The molecule has 0 saturated carbocycles. The number of aromatic nitrogens is 2. The number of hydrogen-bond donors (Lipinski definition) is 2. The zero-order chi connectivity index (χ0) is 26.6. The third kappa shape index (κ3) is 6.98. The van der Waals surface area contributed by atoms with E-state index in [4.69, 9.17) is 20.9 Å². The number of alkyl carbamates (subject to hydrolysis) is 1. The van der Waals surface area contributed by atoms with Crippen molar-refractivity contribution in [2.75, 3.05) is 11.4 Å². The Morgan fingerprint density at radius 2 is 1.86 bits per heavy atom. The molecule has 0 saturated heterocycles. The van der Waals surface area contributed by atoms with Gasteiger partial charge in [-0.2, -0.15) is 0 Å². The Bertz CT molecular complexity index is 1400. The van der Waals surface area contributed by atoms with Crippen LogP contribution < -0.4 is 10.2 Å². The Morgan fingerprint density at radius 1 is 1.11 bits per heavy atom. The van der Waals surface area contributed by atoms with Gasteiger partial charge in [-0.05, 0) is 62.4 Å². The van der Waals surface area contributed by atoms with E-state index in [0.29, 0.717) is 17.1 Å². The van der Waals surface area contributed by atoms with Crippen molar-refractivity contribution >= 4 is 40.4 Å². The molecule has 2 aromatic carbocycles. The predicted molar refractivity (Wildman–Crippen MR) is 141 cm³/mol. The Morgan fingerprint density at radius 3 is 2.57 bits per heavy atom. The lowest BCUT2D eigenvalue weighted by atomic mass is 10.1. The topological polar surface area (TPSA) is 118 Å². The van der Waals surface area contributed by atoms with E-state index in [9.17, 15) is 14.7 Å². The number of pyridine rings is 1. The predicted octanol–water partition coefficient (Wildman–Crippen LogP) is 6.16. The Balaban J connectivity index is 1.58. The number of hydrogen-bond acceptors (Lipinski definition) is 6. The second-order valence-corrected chi connectivity index (χ2v) is 9.99. The number of rotatable bonds is 7. The summed E-state index contributed by atoms with van der Waals surface area (Å²) in [4.78, 5) is 29.9. The van der Waals surface area contributed by atoms with Crippen LogP contribution in [0.25, 0.3) is 22.0 Å². The molecule has 0 unspecified atom stereocenters.